The predicted octanol–water partition coefficient (Wildman–Crippen LogP) is 3.91. The molecule has 25 heavy (non-hydrogen) atoms. The molecule has 124 valence electrons. The largest absolute Gasteiger partial charge is 0.364 e. The van der Waals surface area contributed by atoms with Crippen molar-refractivity contribution >= 4 is 16.7 Å². The van der Waals surface area contributed by atoms with Crippen molar-refractivity contribution in [3.8, 4) is 11.4 Å². The number of aryl methyl sites for hydroxylation is 2. The van der Waals surface area contributed by atoms with E-state index in [1.807, 2.05) is 36.4 Å². The van der Waals surface area contributed by atoms with Crippen LogP contribution in [0.1, 0.15) is 17.1 Å². The average molecular weight is 331 g/mol. The van der Waals surface area contributed by atoms with E-state index >= 15 is 0 Å². The van der Waals surface area contributed by atoms with Gasteiger partial charge in [0.25, 0.3) is 0 Å². The van der Waals surface area contributed by atoms with Crippen molar-refractivity contribution in [1.29, 1.82) is 0 Å². The maximum atomic E-state index is 5.14. The fourth-order valence-corrected chi connectivity index (χ4v) is 2.74. The van der Waals surface area contributed by atoms with Crippen molar-refractivity contribution in [3.05, 3.63) is 65.8 Å². The third-order valence-electron chi connectivity index (χ3n) is 3.98. The summed E-state index contributed by atoms with van der Waals surface area (Å²) in [5, 5.41) is 8.45. The summed E-state index contributed by atoms with van der Waals surface area (Å²) < 4.78 is 5.14. The highest BCUT2D eigenvalue weighted by Gasteiger charge is 2.15. The van der Waals surface area contributed by atoms with Crippen LogP contribution in [0.2, 0.25) is 0 Å². The van der Waals surface area contributed by atoms with Crippen molar-refractivity contribution in [2.75, 3.05) is 5.32 Å². The topological polar surface area (TPSA) is 76.7 Å². The number of aromatic nitrogens is 4. The van der Waals surface area contributed by atoms with Gasteiger partial charge in [0, 0.05) is 18.5 Å². The molecule has 0 saturated heterocycles. The molecule has 0 aliphatic heterocycles. The Kier molecular flexibility index (Phi) is 3.85. The van der Waals surface area contributed by atoms with E-state index in [1.54, 1.807) is 13.1 Å². The number of fused-ring (bicyclic) bond motifs is 1. The minimum absolute atomic E-state index is 0.523. The maximum Gasteiger partial charge on any atom is 0.223 e. The van der Waals surface area contributed by atoms with Crippen molar-refractivity contribution in [3.63, 3.8) is 0 Å². The van der Waals surface area contributed by atoms with Gasteiger partial charge in [-0.15, -0.1) is 0 Å². The van der Waals surface area contributed by atoms with E-state index in [9.17, 15) is 0 Å². The number of pyridine rings is 2. The third kappa shape index (κ3) is 3.06. The van der Waals surface area contributed by atoms with Gasteiger partial charge < -0.3 is 9.84 Å². The second-order valence-electron chi connectivity index (χ2n) is 5.84. The van der Waals surface area contributed by atoms with Gasteiger partial charge in [-0.2, -0.15) is 4.98 Å². The summed E-state index contributed by atoms with van der Waals surface area (Å²) in [4.78, 5) is 13.5. The highest BCUT2D eigenvalue weighted by Crippen LogP contribution is 2.29. The second-order valence-corrected chi connectivity index (χ2v) is 5.84. The molecule has 0 amide bonds. The zero-order valence-corrected chi connectivity index (χ0v) is 14.0. The Morgan fingerprint density at radius 2 is 1.96 bits per heavy atom. The Labute approximate surface area is 144 Å². The molecule has 0 saturated carbocycles. The molecule has 6 heteroatoms. The van der Waals surface area contributed by atoms with Crippen molar-refractivity contribution in [1.82, 2.24) is 20.1 Å². The zero-order valence-electron chi connectivity index (χ0n) is 14.0. The number of rotatable bonds is 4. The summed E-state index contributed by atoms with van der Waals surface area (Å²) in [5.41, 5.74) is 3.82. The monoisotopic (exact) mass is 331 g/mol. The predicted molar refractivity (Wildman–Crippen MR) is 96.1 cm³/mol. The second kappa shape index (κ2) is 6.32. The lowest BCUT2D eigenvalue weighted by Gasteiger charge is -2.11. The molecule has 3 heterocycles. The molecule has 0 spiro atoms. The summed E-state index contributed by atoms with van der Waals surface area (Å²) in [5.74, 6) is 1.76. The Morgan fingerprint density at radius 1 is 1.04 bits per heavy atom. The van der Waals surface area contributed by atoms with Gasteiger partial charge in [0.1, 0.15) is 5.82 Å². The maximum absolute atomic E-state index is 5.14. The molecule has 4 rings (SSSR count). The van der Waals surface area contributed by atoms with Gasteiger partial charge in [0.15, 0.2) is 0 Å². The van der Waals surface area contributed by atoms with Crippen LogP contribution in [0.25, 0.3) is 22.3 Å². The van der Waals surface area contributed by atoms with Crippen LogP contribution in [-0.4, -0.2) is 20.1 Å². The van der Waals surface area contributed by atoms with Crippen LogP contribution in [0, 0.1) is 13.8 Å². The van der Waals surface area contributed by atoms with Crippen molar-refractivity contribution in [2.24, 2.45) is 0 Å². The summed E-state index contributed by atoms with van der Waals surface area (Å²) in [6.07, 6.45) is 1.78. The molecule has 0 radical (unpaired) electrons. The molecule has 0 atom stereocenters. The molecular weight excluding hydrogens is 314 g/mol. The molecule has 6 nitrogen and oxygen atoms in total. The van der Waals surface area contributed by atoms with Crippen molar-refractivity contribution < 1.29 is 4.52 Å². The highest BCUT2D eigenvalue weighted by molar-refractivity contribution is 5.89. The van der Waals surface area contributed by atoms with Crippen molar-refractivity contribution in [2.45, 2.75) is 20.4 Å². The van der Waals surface area contributed by atoms with E-state index in [4.69, 9.17) is 9.51 Å². The Bertz CT molecular complexity index is 1030. The lowest BCUT2D eigenvalue weighted by molar-refractivity contribution is 0.394. The lowest BCUT2D eigenvalue weighted by Crippen LogP contribution is -2.05. The summed E-state index contributed by atoms with van der Waals surface area (Å²) in [6.45, 7) is 4.39. The van der Waals surface area contributed by atoms with Crippen LogP contribution in [0.15, 0.2) is 53.2 Å². The average Bonchev–Trinajstić information content (AvgIpc) is 3.07. The third-order valence-corrected chi connectivity index (χ3v) is 3.98. The van der Waals surface area contributed by atoms with Gasteiger partial charge in [-0.25, -0.2) is 4.98 Å². The molecule has 0 bridgehead atoms. The van der Waals surface area contributed by atoms with E-state index < -0.39 is 0 Å². The smallest absolute Gasteiger partial charge is 0.223 e. The minimum Gasteiger partial charge on any atom is -0.364 e. The number of para-hydroxylation sites is 1. The first-order valence-electron chi connectivity index (χ1n) is 8.05. The Hall–Kier alpha value is -3.28. The Morgan fingerprint density at radius 3 is 2.72 bits per heavy atom. The lowest BCUT2D eigenvalue weighted by atomic mass is 10.1. The summed E-state index contributed by atoms with van der Waals surface area (Å²) in [6, 6.07) is 14.0. The number of benzene rings is 1. The van der Waals surface area contributed by atoms with Gasteiger partial charge >= 0.3 is 0 Å². The quantitative estimate of drug-likeness (QED) is 0.611. The minimum atomic E-state index is 0.523. The Balaban J connectivity index is 1.80. The first-order chi connectivity index (χ1) is 12.2. The molecule has 0 aliphatic rings. The molecule has 3 aromatic heterocycles. The van der Waals surface area contributed by atoms with Crippen LogP contribution >= 0.6 is 0 Å². The van der Waals surface area contributed by atoms with E-state index in [0.717, 1.165) is 27.7 Å². The number of hydrogen-bond donors (Lipinski definition) is 1. The SMILES string of the molecule is Cc1nc(-c2cc3cccc(C)c3nc2NCc2ccccn2)no1. The van der Waals surface area contributed by atoms with Gasteiger partial charge in [-0.1, -0.05) is 29.4 Å². The van der Waals surface area contributed by atoms with Crippen LogP contribution in [0.5, 0.6) is 0 Å². The normalized spacial score (nSPS) is 11.0. The van der Waals surface area contributed by atoms with E-state index in [0.29, 0.717) is 24.1 Å². The summed E-state index contributed by atoms with van der Waals surface area (Å²) >= 11 is 0. The number of anilines is 1. The van der Waals surface area contributed by atoms with Crippen LogP contribution in [-0.2, 0) is 6.54 Å². The molecule has 1 N–H and O–H groups in total. The van der Waals surface area contributed by atoms with Crippen LogP contribution < -0.4 is 5.32 Å². The van der Waals surface area contributed by atoms with Gasteiger partial charge in [-0.3, -0.25) is 4.98 Å². The number of hydrogen-bond acceptors (Lipinski definition) is 6. The summed E-state index contributed by atoms with van der Waals surface area (Å²) in [7, 11) is 0. The van der Waals surface area contributed by atoms with Gasteiger partial charge in [0.2, 0.25) is 11.7 Å². The molecule has 0 unspecified atom stereocenters. The standard InChI is InChI=1S/C19H17N5O/c1-12-6-5-7-14-10-16(19-22-13(2)25-24-19)18(23-17(12)14)21-11-15-8-3-4-9-20-15/h3-10H,11H2,1-2H3,(H,21,23). The van der Waals surface area contributed by atoms with Crippen LogP contribution in [0.4, 0.5) is 5.82 Å². The zero-order chi connectivity index (χ0) is 17.2. The molecule has 0 fully saturated rings. The number of nitrogens with one attached hydrogen (secondary N) is 1. The fraction of sp³-hybridized carbons (Fsp3) is 0.158. The van der Waals surface area contributed by atoms with E-state index in [1.165, 1.54) is 0 Å². The first kappa shape index (κ1) is 15.3. The fourth-order valence-electron chi connectivity index (χ4n) is 2.74. The molecular formula is C19H17N5O. The van der Waals surface area contributed by atoms with Gasteiger partial charge in [-0.05, 0) is 30.7 Å². The van der Waals surface area contributed by atoms with Gasteiger partial charge in [0.05, 0.1) is 23.3 Å². The van der Waals surface area contributed by atoms with Crippen LogP contribution in [0.3, 0.4) is 0 Å². The molecule has 4 aromatic rings. The molecule has 1 aromatic carbocycles. The molecule has 0 aliphatic carbocycles. The van der Waals surface area contributed by atoms with E-state index in [2.05, 4.69) is 33.4 Å². The highest BCUT2D eigenvalue weighted by atomic mass is 16.5. The number of nitrogens with zero attached hydrogens (tertiary/aromatic N) is 4. The first-order valence-corrected chi connectivity index (χ1v) is 8.05. The van der Waals surface area contributed by atoms with E-state index in [-0.39, 0.29) is 0 Å².